The molecule has 2 atom stereocenters. The Kier molecular flexibility index (Phi) is 6.32. The lowest BCUT2D eigenvalue weighted by Crippen LogP contribution is -2.45. The summed E-state index contributed by atoms with van der Waals surface area (Å²) < 4.78 is 1.84. The molecule has 2 unspecified atom stereocenters. The van der Waals surface area contributed by atoms with Crippen LogP contribution in [0.2, 0.25) is 0 Å². The summed E-state index contributed by atoms with van der Waals surface area (Å²) in [6.07, 6.45) is 6.47. The molecule has 1 N–H and O–H groups in total. The molecule has 0 bridgehead atoms. The van der Waals surface area contributed by atoms with Crippen LogP contribution in [0.15, 0.2) is 34.9 Å². The Morgan fingerprint density at radius 1 is 1.46 bits per heavy atom. The summed E-state index contributed by atoms with van der Waals surface area (Å²) >= 11 is 1.87. The Morgan fingerprint density at radius 2 is 2.31 bits per heavy atom. The van der Waals surface area contributed by atoms with Crippen LogP contribution in [0, 0.1) is 5.92 Å². The van der Waals surface area contributed by atoms with E-state index in [1.54, 1.807) is 0 Å². The summed E-state index contributed by atoms with van der Waals surface area (Å²) in [6, 6.07) is 4.93. The summed E-state index contributed by atoms with van der Waals surface area (Å²) in [4.78, 5) is 10.6. The van der Waals surface area contributed by atoms with Crippen molar-refractivity contribution in [1.29, 1.82) is 0 Å². The minimum atomic E-state index is 0.498. The average Bonchev–Trinajstić information content (AvgIpc) is 3.27. The molecule has 0 aliphatic carbocycles. The summed E-state index contributed by atoms with van der Waals surface area (Å²) in [6.45, 7) is 2.91. The second-order valence-corrected chi connectivity index (χ2v) is 8.13. The van der Waals surface area contributed by atoms with Gasteiger partial charge in [-0.2, -0.15) is 5.10 Å². The van der Waals surface area contributed by atoms with Gasteiger partial charge in [-0.1, -0.05) is 6.07 Å². The second-order valence-electron chi connectivity index (χ2n) is 7.15. The molecule has 3 heterocycles. The number of aryl methyl sites for hydroxylation is 1. The second kappa shape index (κ2) is 8.68. The van der Waals surface area contributed by atoms with Crippen molar-refractivity contribution < 1.29 is 0 Å². The van der Waals surface area contributed by atoms with Crippen molar-refractivity contribution in [1.82, 2.24) is 24.9 Å². The lowest BCUT2D eigenvalue weighted by atomic mass is 9.88. The van der Waals surface area contributed by atoms with Crippen molar-refractivity contribution in [2.45, 2.75) is 25.4 Å². The zero-order valence-corrected chi connectivity index (χ0v) is 17.0. The van der Waals surface area contributed by atoms with E-state index in [-0.39, 0.29) is 0 Å². The van der Waals surface area contributed by atoms with Crippen LogP contribution in [0.1, 0.15) is 29.3 Å². The first-order chi connectivity index (χ1) is 12.6. The molecule has 26 heavy (non-hydrogen) atoms. The zero-order valence-electron chi connectivity index (χ0n) is 16.2. The molecule has 1 aliphatic heterocycles. The van der Waals surface area contributed by atoms with Gasteiger partial charge in [-0.25, -0.2) is 0 Å². The number of aromatic nitrogens is 2. The number of likely N-dealkylation sites (tertiary alicyclic amines) is 1. The molecule has 7 heteroatoms. The largest absolute Gasteiger partial charge is 0.356 e. The molecule has 1 aliphatic rings. The Morgan fingerprint density at radius 3 is 2.96 bits per heavy atom. The molecule has 1 saturated heterocycles. The highest BCUT2D eigenvalue weighted by Gasteiger charge is 2.31. The van der Waals surface area contributed by atoms with E-state index in [0.29, 0.717) is 12.0 Å². The average molecular weight is 375 g/mol. The monoisotopic (exact) mass is 374 g/mol. The van der Waals surface area contributed by atoms with Gasteiger partial charge < -0.3 is 10.2 Å². The quantitative estimate of drug-likeness (QED) is 0.645. The topological polar surface area (TPSA) is 48.7 Å². The van der Waals surface area contributed by atoms with Crippen molar-refractivity contribution in [2.75, 3.05) is 34.2 Å². The number of aliphatic imine (C=N–C) groups is 1. The molecule has 1 fully saturated rings. The van der Waals surface area contributed by atoms with Gasteiger partial charge in [0.15, 0.2) is 5.96 Å². The Hall–Kier alpha value is -1.86. The predicted octanol–water partition coefficient (Wildman–Crippen LogP) is 2.57. The number of nitrogens with one attached hydrogen (secondary N) is 1. The third-order valence-electron chi connectivity index (χ3n) is 5.12. The molecule has 0 spiro atoms. The number of guanidine groups is 1. The van der Waals surface area contributed by atoms with Gasteiger partial charge in [0, 0.05) is 56.9 Å². The van der Waals surface area contributed by atoms with E-state index < -0.39 is 0 Å². The molecule has 0 saturated carbocycles. The summed E-state index contributed by atoms with van der Waals surface area (Å²) in [5, 5.41) is 10.0. The van der Waals surface area contributed by atoms with Crippen LogP contribution in [-0.2, 0) is 13.6 Å². The molecular formula is C19H30N6S. The lowest BCUT2D eigenvalue weighted by Gasteiger charge is -2.39. The van der Waals surface area contributed by atoms with Crippen molar-refractivity contribution in [3.05, 3.63) is 40.3 Å². The zero-order chi connectivity index (χ0) is 18.5. The lowest BCUT2D eigenvalue weighted by molar-refractivity contribution is 0.124. The predicted molar refractivity (Wildman–Crippen MR) is 108 cm³/mol. The van der Waals surface area contributed by atoms with Gasteiger partial charge in [-0.15, -0.1) is 11.3 Å². The van der Waals surface area contributed by atoms with Crippen molar-refractivity contribution in [3.8, 4) is 0 Å². The van der Waals surface area contributed by atoms with Crippen LogP contribution in [-0.4, -0.2) is 59.8 Å². The number of nitrogens with zero attached hydrogens (tertiary/aromatic N) is 5. The van der Waals surface area contributed by atoms with E-state index in [2.05, 4.69) is 56.8 Å². The molecule has 142 valence electrons. The fourth-order valence-corrected chi connectivity index (χ4v) is 4.88. The highest BCUT2D eigenvalue weighted by Crippen LogP contribution is 2.36. The Labute approximate surface area is 160 Å². The standard InChI is InChI=1S/C19H30N6S/c1-20-19(24(3)13-15-11-22-25(4)14-15)21-12-16-7-5-9-23(2)18(16)17-8-6-10-26-17/h6,8,10-11,14,16,18H,5,7,9,12-13H2,1-4H3,(H,20,21). The maximum Gasteiger partial charge on any atom is 0.193 e. The van der Waals surface area contributed by atoms with Gasteiger partial charge in [-0.3, -0.25) is 14.6 Å². The Balaban J connectivity index is 1.61. The van der Waals surface area contributed by atoms with Crippen molar-refractivity contribution in [2.24, 2.45) is 18.0 Å². The van der Waals surface area contributed by atoms with Crippen LogP contribution in [0.3, 0.4) is 0 Å². The Bertz CT molecular complexity index is 707. The first-order valence-electron chi connectivity index (χ1n) is 9.21. The maximum atomic E-state index is 4.48. The number of thiophene rings is 1. The number of rotatable bonds is 5. The van der Waals surface area contributed by atoms with E-state index >= 15 is 0 Å². The van der Waals surface area contributed by atoms with E-state index in [9.17, 15) is 0 Å². The molecule has 3 rings (SSSR count). The van der Waals surface area contributed by atoms with Gasteiger partial charge in [0.25, 0.3) is 0 Å². The molecule has 2 aromatic heterocycles. The van der Waals surface area contributed by atoms with Crippen LogP contribution in [0.25, 0.3) is 0 Å². The van der Waals surface area contributed by atoms with E-state index in [4.69, 9.17) is 0 Å². The molecule has 0 radical (unpaired) electrons. The molecule has 0 aromatic carbocycles. The van der Waals surface area contributed by atoms with E-state index in [0.717, 1.165) is 19.0 Å². The highest BCUT2D eigenvalue weighted by molar-refractivity contribution is 7.10. The van der Waals surface area contributed by atoms with Crippen LogP contribution >= 0.6 is 11.3 Å². The van der Waals surface area contributed by atoms with Gasteiger partial charge in [0.2, 0.25) is 0 Å². The van der Waals surface area contributed by atoms with Gasteiger partial charge in [0.05, 0.1) is 6.20 Å². The van der Waals surface area contributed by atoms with Gasteiger partial charge >= 0.3 is 0 Å². The molecular weight excluding hydrogens is 344 g/mol. The van der Waals surface area contributed by atoms with Crippen molar-refractivity contribution in [3.63, 3.8) is 0 Å². The first-order valence-corrected chi connectivity index (χ1v) is 10.1. The fourth-order valence-electron chi connectivity index (χ4n) is 3.89. The highest BCUT2D eigenvalue weighted by atomic mass is 32.1. The first kappa shape index (κ1) is 18.9. The number of hydrogen-bond acceptors (Lipinski definition) is 4. The molecule has 2 aromatic rings. The summed E-state index contributed by atoms with van der Waals surface area (Å²) in [5.41, 5.74) is 1.19. The normalized spacial score (nSPS) is 21.8. The maximum absolute atomic E-state index is 4.48. The van der Waals surface area contributed by atoms with E-state index in [1.807, 2.05) is 42.5 Å². The number of piperidine rings is 1. The smallest absolute Gasteiger partial charge is 0.193 e. The SMILES string of the molecule is CN=C(NCC1CCCN(C)C1c1cccs1)N(C)Cc1cnn(C)c1. The third kappa shape index (κ3) is 4.45. The van der Waals surface area contributed by atoms with Gasteiger partial charge in [0.1, 0.15) is 0 Å². The summed E-state index contributed by atoms with van der Waals surface area (Å²) in [5.74, 6) is 1.53. The minimum absolute atomic E-state index is 0.498. The van der Waals surface area contributed by atoms with Crippen LogP contribution < -0.4 is 5.32 Å². The third-order valence-corrected chi connectivity index (χ3v) is 6.06. The van der Waals surface area contributed by atoms with Gasteiger partial charge in [-0.05, 0) is 43.8 Å². The molecule has 0 amide bonds. The fraction of sp³-hybridized carbons (Fsp3) is 0.579. The minimum Gasteiger partial charge on any atom is -0.356 e. The number of hydrogen-bond donors (Lipinski definition) is 1. The summed E-state index contributed by atoms with van der Waals surface area (Å²) in [7, 11) is 8.12. The van der Waals surface area contributed by atoms with E-state index in [1.165, 1.54) is 29.8 Å². The molecule has 6 nitrogen and oxygen atoms in total. The van der Waals surface area contributed by atoms with Crippen LogP contribution in [0.5, 0.6) is 0 Å². The van der Waals surface area contributed by atoms with Crippen LogP contribution in [0.4, 0.5) is 0 Å². The van der Waals surface area contributed by atoms with Crippen molar-refractivity contribution >= 4 is 17.3 Å².